The van der Waals surface area contributed by atoms with Crippen LogP contribution in [0, 0.1) is 0 Å². The second kappa shape index (κ2) is 7.87. The second-order valence-electron chi connectivity index (χ2n) is 7.23. The van der Waals surface area contributed by atoms with E-state index < -0.39 is 0 Å². The van der Waals surface area contributed by atoms with Gasteiger partial charge in [0.1, 0.15) is 11.5 Å². The van der Waals surface area contributed by atoms with Crippen molar-refractivity contribution >= 4 is 39.9 Å². The lowest BCUT2D eigenvalue weighted by molar-refractivity contribution is -0.118. The van der Waals surface area contributed by atoms with Crippen LogP contribution in [-0.4, -0.2) is 27.5 Å². The average molecular weight is 409 g/mol. The monoisotopic (exact) mass is 409 g/mol. The summed E-state index contributed by atoms with van der Waals surface area (Å²) < 4.78 is 0. The molecule has 1 aromatic heterocycles. The number of para-hydroxylation sites is 3. The van der Waals surface area contributed by atoms with E-state index in [1.54, 1.807) is 12.1 Å². The summed E-state index contributed by atoms with van der Waals surface area (Å²) >= 11 is 0. The van der Waals surface area contributed by atoms with Gasteiger partial charge in [0.2, 0.25) is 5.91 Å². The summed E-state index contributed by atoms with van der Waals surface area (Å²) in [5.41, 5.74) is 4.29. The molecule has 2 heterocycles. The van der Waals surface area contributed by atoms with Crippen LogP contribution in [-0.2, 0) is 9.59 Å². The van der Waals surface area contributed by atoms with Gasteiger partial charge in [-0.25, -0.2) is 9.99 Å². The number of anilines is 2. The smallest absolute Gasteiger partial charge is 0.271 e. The molecule has 0 saturated heterocycles. The molecule has 0 unspecified atom stereocenters. The fourth-order valence-corrected chi connectivity index (χ4v) is 3.52. The number of carbonyl (C=O) groups excluding carboxylic acids is 2. The van der Waals surface area contributed by atoms with E-state index in [0.29, 0.717) is 23.5 Å². The number of rotatable bonds is 4. The van der Waals surface area contributed by atoms with Gasteiger partial charge >= 0.3 is 0 Å². The fraction of sp³-hybridized carbons (Fsp3) is 0.0833. The Morgan fingerprint density at radius 2 is 1.74 bits per heavy atom. The highest BCUT2D eigenvalue weighted by Crippen LogP contribution is 2.24. The Labute approximate surface area is 178 Å². The number of nitrogens with one attached hydrogen (secondary N) is 2. The van der Waals surface area contributed by atoms with Crippen LogP contribution in [0.15, 0.2) is 84.0 Å². The summed E-state index contributed by atoms with van der Waals surface area (Å²) in [7, 11) is 0. The number of H-pyrrole nitrogens is 1. The number of carbonyl (C=O) groups is 2. The van der Waals surface area contributed by atoms with E-state index in [4.69, 9.17) is 0 Å². The topological polar surface area (TPSA) is 90.4 Å². The number of hydrazone groups is 1. The number of benzene rings is 3. The van der Waals surface area contributed by atoms with Crippen molar-refractivity contribution in [2.45, 2.75) is 12.8 Å². The lowest BCUT2D eigenvalue weighted by atomic mass is 10.1. The minimum Gasteiger partial charge on any atom is -0.338 e. The number of hydrogen-bond acceptors (Lipinski definition) is 4. The molecule has 152 valence electrons. The predicted octanol–water partition coefficient (Wildman–Crippen LogP) is 4.35. The molecule has 7 heteroatoms. The van der Waals surface area contributed by atoms with E-state index in [1.165, 1.54) is 5.01 Å². The predicted molar refractivity (Wildman–Crippen MR) is 121 cm³/mol. The molecular weight excluding hydrogens is 390 g/mol. The van der Waals surface area contributed by atoms with Crippen LogP contribution >= 0.6 is 0 Å². The first kappa shape index (κ1) is 18.7. The van der Waals surface area contributed by atoms with E-state index in [2.05, 4.69) is 20.4 Å². The number of amides is 2. The number of hydrogen-bond donors (Lipinski definition) is 2. The first-order valence-electron chi connectivity index (χ1n) is 9.99. The summed E-state index contributed by atoms with van der Waals surface area (Å²) in [5.74, 6) is 0.276. The third kappa shape index (κ3) is 3.81. The highest BCUT2D eigenvalue weighted by Gasteiger charge is 2.25. The Morgan fingerprint density at radius 3 is 2.58 bits per heavy atom. The summed E-state index contributed by atoms with van der Waals surface area (Å²) in [6.07, 6.45) is 0.539. The zero-order valence-electron chi connectivity index (χ0n) is 16.6. The van der Waals surface area contributed by atoms with E-state index in [9.17, 15) is 9.59 Å². The highest BCUT2D eigenvalue weighted by atomic mass is 16.2. The number of fused-ring (bicyclic) bond motifs is 1. The first-order valence-corrected chi connectivity index (χ1v) is 9.99. The molecule has 7 nitrogen and oxygen atoms in total. The maximum Gasteiger partial charge on any atom is 0.271 e. The fourth-order valence-electron chi connectivity index (χ4n) is 3.52. The lowest BCUT2D eigenvalue weighted by Crippen LogP contribution is -2.36. The van der Waals surface area contributed by atoms with Crippen LogP contribution in [0.1, 0.15) is 12.8 Å². The Balaban J connectivity index is 1.38. The lowest BCUT2D eigenvalue weighted by Gasteiger charge is -2.23. The Morgan fingerprint density at radius 1 is 0.935 bits per heavy atom. The maximum absolute atomic E-state index is 12.8. The van der Waals surface area contributed by atoms with Crippen LogP contribution in [0.4, 0.5) is 11.4 Å². The molecule has 0 spiro atoms. The van der Waals surface area contributed by atoms with Crippen molar-refractivity contribution in [3.05, 3.63) is 78.9 Å². The molecular formula is C24H19N5O2. The van der Waals surface area contributed by atoms with Gasteiger partial charge in [-0.1, -0.05) is 42.5 Å². The van der Waals surface area contributed by atoms with E-state index in [0.717, 1.165) is 22.4 Å². The molecule has 0 radical (unpaired) electrons. The summed E-state index contributed by atoms with van der Waals surface area (Å²) in [6, 6.07) is 24.4. The standard InChI is InChI=1S/C24H19N5O2/c30-22-14-13-21(28-29(22)18-9-2-1-3-10-18)24(31)25-17-8-6-7-16(15-17)23-26-19-11-4-5-12-20(19)27-23/h1-12,15H,13-14H2,(H,25,31)(H,26,27). The number of aromatic nitrogens is 2. The minimum absolute atomic E-state index is 0.130. The normalized spacial score (nSPS) is 13.9. The van der Waals surface area contributed by atoms with E-state index in [1.807, 2.05) is 66.7 Å². The van der Waals surface area contributed by atoms with Crippen molar-refractivity contribution in [1.82, 2.24) is 9.97 Å². The van der Waals surface area contributed by atoms with Gasteiger partial charge in [0.25, 0.3) is 5.91 Å². The summed E-state index contributed by atoms with van der Waals surface area (Å²) in [5, 5.41) is 8.50. The van der Waals surface area contributed by atoms with Crippen LogP contribution in [0.2, 0.25) is 0 Å². The van der Waals surface area contributed by atoms with Crippen molar-refractivity contribution in [1.29, 1.82) is 0 Å². The molecule has 1 aliphatic rings. The molecule has 3 aromatic carbocycles. The Kier molecular flexibility index (Phi) is 4.76. The van der Waals surface area contributed by atoms with Crippen LogP contribution in [0.3, 0.4) is 0 Å². The molecule has 0 bridgehead atoms. The third-order valence-electron chi connectivity index (χ3n) is 5.08. The molecule has 0 fully saturated rings. The molecule has 2 N–H and O–H groups in total. The molecule has 1 aliphatic heterocycles. The Bertz CT molecular complexity index is 1280. The van der Waals surface area contributed by atoms with Crippen molar-refractivity contribution < 1.29 is 9.59 Å². The van der Waals surface area contributed by atoms with Crippen molar-refractivity contribution in [3.8, 4) is 11.4 Å². The number of imidazole rings is 1. The van der Waals surface area contributed by atoms with Gasteiger partial charge in [0.05, 0.1) is 16.7 Å². The zero-order valence-corrected chi connectivity index (χ0v) is 16.6. The van der Waals surface area contributed by atoms with E-state index in [-0.39, 0.29) is 18.2 Å². The average Bonchev–Trinajstić information content (AvgIpc) is 3.24. The van der Waals surface area contributed by atoms with Gasteiger partial charge in [-0.2, -0.15) is 5.10 Å². The molecule has 0 aliphatic carbocycles. The van der Waals surface area contributed by atoms with Gasteiger partial charge in [0, 0.05) is 24.1 Å². The van der Waals surface area contributed by atoms with Gasteiger partial charge < -0.3 is 10.3 Å². The van der Waals surface area contributed by atoms with Gasteiger partial charge in [-0.05, 0) is 36.4 Å². The molecule has 0 saturated carbocycles. The van der Waals surface area contributed by atoms with Crippen molar-refractivity contribution in [2.24, 2.45) is 5.10 Å². The Hall–Kier alpha value is -4.26. The van der Waals surface area contributed by atoms with Crippen LogP contribution in [0.25, 0.3) is 22.4 Å². The third-order valence-corrected chi connectivity index (χ3v) is 5.08. The van der Waals surface area contributed by atoms with E-state index >= 15 is 0 Å². The highest BCUT2D eigenvalue weighted by molar-refractivity contribution is 6.44. The zero-order chi connectivity index (χ0) is 21.2. The quantitative estimate of drug-likeness (QED) is 0.525. The largest absolute Gasteiger partial charge is 0.338 e. The van der Waals surface area contributed by atoms with Gasteiger partial charge in [-0.15, -0.1) is 0 Å². The minimum atomic E-state index is -0.324. The van der Waals surface area contributed by atoms with Crippen LogP contribution in [0.5, 0.6) is 0 Å². The summed E-state index contributed by atoms with van der Waals surface area (Å²) in [4.78, 5) is 33.0. The van der Waals surface area contributed by atoms with Crippen molar-refractivity contribution in [3.63, 3.8) is 0 Å². The number of aromatic amines is 1. The van der Waals surface area contributed by atoms with Crippen molar-refractivity contribution in [2.75, 3.05) is 10.3 Å². The number of nitrogens with zero attached hydrogens (tertiary/aromatic N) is 3. The second-order valence-corrected chi connectivity index (χ2v) is 7.23. The SMILES string of the molecule is O=C(Nc1cccc(-c2nc3ccccc3[nH]2)c1)C1=NN(c2ccccc2)C(=O)CC1. The molecule has 4 aromatic rings. The summed E-state index contributed by atoms with van der Waals surface area (Å²) in [6.45, 7) is 0. The van der Waals surface area contributed by atoms with Crippen LogP contribution < -0.4 is 10.3 Å². The maximum atomic E-state index is 12.8. The molecule has 5 rings (SSSR count). The molecule has 2 amide bonds. The molecule has 0 atom stereocenters. The molecule has 31 heavy (non-hydrogen) atoms. The first-order chi connectivity index (χ1) is 15.2. The van der Waals surface area contributed by atoms with Gasteiger partial charge in [0.15, 0.2) is 0 Å². The van der Waals surface area contributed by atoms with Gasteiger partial charge in [-0.3, -0.25) is 9.59 Å².